The summed E-state index contributed by atoms with van der Waals surface area (Å²) in [5.41, 5.74) is 0.622. The van der Waals surface area contributed by atoms with Crippen LogP contribution in [0.1, 0.15) is 20.9 Å². The molecule has 3 aromatic rings. The molecule has 0 bridgehead atoms. The van der Waals surface area contributed by atoms with Gasteiger partial charge >= 0.3 is 5.97 Å². The van der Waals surface area contributed by atoms with E-state index < -0.39 is 5.97 Å². The van der Waals surface area contributed by atoms with Gasteiger partial charge in [-0.05, 0) is 30.3 Å². The average molecular weight is 393 g/mol. The van der Waals surface area contributed by atoms with E-state index in [-0.39, 0.29) is 11.5 Å². The van der Waals surface area contributed by atoms with Crippen LogP contribution in [-0.2, 0) is 0 Å². The summed E-state index contributed by atoms with van der Waals surface area (Å²) >= 11 is 0. The van der Waals surface area contributed by atoms with Gasteiger partial charge in [0.25, 0.3) is 5.91 Å². The molecule has 0 aliphatic carbocycles. The maximum atomic E-state index is 12.4. The van der Waals surface area contributed by atoms with Gasteiger partial charge < -0.3 is 24.6 Å². The number of piperazine rings is 1. The largest absolute Gasteiger partial charge is 0.478 e. The van der Waals surface area contributed by atoms with E-state index in [1.807, 2.05) is 4.90 Å². The van der Waals surface area contributed by atoms with Crippen molar-refractivity contribution in [3.05, 3.63) is 66.2 Å². The maximum Gasteiger partial charge on any atom is 0.337 e. The molecule has 9 nitrogen and oxygen atoms in total. The van der Waals surface area contributed by atoms with E-state index in [0.29, 0.717) is 49.4 Å². The number of para-hydroxylation sites is 1. The van der Waals surface area contributed by atoms with Crippen molar-refractivity contribution in [3.8, 4) is 0 Å². The third kappa shape index (κ3) is 4.03. The molecule has 2 N–H and O–H groups in total. The molecule has 29 heavy (non-hydrogen) atoms. The quantitative estimate of drug-likeness (QED) is 0.680. The number of carboxylic acid groups (broad SMARTS) is 1. The van der Waals surface area contributed by atoms with Crippen LogP contribution in [0.3, 0.4) is 0 Å². The van der Waals surface area contributed by atoms with E-state index in [2.05, 4.69) is 15.3 Å². The Morgan fingerprint density at radius 1 is 1.03 bits per heavy atom. The normalized spacial score (nSPS) is 13.9. The van der Waals surface area contributed by atoms with Crippen molar-refractivity contribution in [3.63, 3.8) is 0 Å². The minimum atomic E-state index is -1.01. The van der Waals surface area contributed by atoms with Crippen LogP contribution in [-0.4, -0.2) is 58.0 Å². The van der Waals surface area contributed by atoms with Crippen molar-refractivity contribution >= 4 is 29.3 Å². The van der Waals surface area contributed by atoms with E-state index in [9.17, 15) is 14.7 Å². The van der Waals surface area contributed by atoms with Crippen molar-refractivity contribution < 1.29 is 19.1 Å². The van der Waals surface area contributed by atoms with Crippen LogP contribution in [0.25, 0.3) is 0 Å². The first-order valence-corrected chi connectivity index (χ1v) is 9.12. The van der Waals surface area contributed by atoms with Gasteiger partial charge in [0.2, 0.25) is 5.95 Å². The first-order valence-electron chi connectivity index (χ1n) is 9.12. The Balaban J connectivity index is 1.44. The predicted octanol–water partition coefficient (Wildman–Crippen LogP) is 2.47. The zero-order valence-corrected chi connectivity index (χ0v) is 15.5. The fourth-order valence-electron chi connectivity index (χ4n) is 3.15. The van der Waals surface area contributed by atoms with Crippen molar-refractivity contribution in [1.29, 1.82) is 0 Å². The highest BCUT2D eigenvalue weighted by atomic mass is 16.4. The monoisotopic (exact) mass is 393 g/mol. The first-order chi connectivity index (χ1) is 14.1. The molecule has 1 aliphatic heterocycles. The Kier molecular flexibility index (Phi) is 5.10. The fourth-order valence-corrected chi connectivity index (χ4v) is 3.15. The van der Waals surface area contributed by atoms with Gasteiger partial charge in [-0.25, -0.2) is 9.78 Å². The van der Waals surface area contributed by atoms with E-state index in [0.717, 1.165) is 0 Å². The molecule has 0 atom stereocenters. The zero-order chi connectivity index (χ0) is 20.2. The minimum Gasteiger partial charge on any atom is -0.478 e. The second-order valence-electron chi connectivity index (χ2n) is 6.47. The molecule has 3 heterocycles. The Morgan fingerprint density at radius 3 is 2.55 bits per heavy atom. The second-order valence-corrected chi connectivity index (χ2v) is 6.47. The van der Waals surface area contributed by atoms with Crippen molar-refractivity contribution in [2.24, 2.45) is 0 Å². The summed E-state index contributed by atoms with van der Waals surface area (Å²) in [7, 11) is 0. The van der Waals surface area contributed by atoms with Gasteiger partial charge in [0.1, 0.15) is 5.82 Å². The fraction of sp³-hybridized carbons (Fsp3) is 0.200. The highest BCUT2D eigenvalue weighted by Crippen LogP contribution is 2.21. The number of anilines is 3. The number of rotatable bonds is 5. The van der Waals surface area contributed by atoms with Crippen molar-refractivity contribution in [2.45, 2.75) is 0 Å². The number of furan rings is 1. The number of amides is 1. The number of carbonyl (C=O) groups is 2. The van der Waals surface area contributed by atoms with Gasteiger partial charge in [-0.3, -0.25) is 4.79 Å². The number of benzene rings is 1. The molecule has 4 rings (SSSR count). The number of carbonyl (C=O) groups excluding carboxylic acids is 1. The molecule has 9 heteroatoms. The Morgan fingerprint density at radius 2 is 1.83 bits per heavy atom. The molecule has 2 aromatic heterocycles. The molecule has 1 fully saturated rings. The smallest absolute Gasteiger partial charge is 0.337 e. The van der Waals surface area contributed by atoms with Gasteiger partial charge in [-0.2, -0.15) is 4.98 Å². The Labute approximate surface area is 166 Å². The van der Waals surface area contributed by atoms with E-state index in [4.69, 9.17) is 4.42 Å². The SMILES string of the molecule is O=C(O)c1ccccc1Nc1ccnc(N2CCN(C(=O)c3ccco3)CC2)n1. The topological polar surface area (TPSA) is 112 Å². The molecular formula is C20H19N5O4. The summed E-state index contributed by atoms with van der Waals surface area (Å²) in [5, 5.41) is 12.4. The van der Waals surface area contributed by atoms with Crippen LogP contribution in [0.5, 0.6) is 0 Å². The molecule has 1 aromatic carbocycles. The molecule has 148 valence electrons. The molecule has 1 saturated heterocycles. The lowest BCUT2D eigenvalue weighted by Gasteiger charge is -2.34. The highest BCUT2D eigenvalue weighted by molar-refractivity contribution is 5.95. The van der Waals surface area contributed by atoms with E-state index in [1.165, 1.54) is 12.3 Å². The summed E-state index contributed by atoms with van der Waals surface area (Å²) < 4.78 is 5.18. The summed E-state index contributed by atoms with van der Waals surface area (Å²) in [5.74, 6) is 0.208. The Hall–Kier alpha value is -3.88. The van der Waals surface area contributed by atoms with Gasteiger partial charge in [0.05, 0.1) is 17.5 Å². The minimum absolute atomic E-state index is 0.128. The number of carboxylic acids is 1. The van der Waals surface area contributed by atoms with Gasteiger partial charge in [-0.15, -0.1) is 0 Å². The summed E-state index contributed by atoms with van der Waals surface area (Å²) in [6.07, 6.45) is 3.10. The van der Waals surface area contributed by atoms with Gasteiger partial charge in [-0.1, -0.05) is 12.1 Å². The molecule has 0 radical (unpaired) electrons. The van der Waals surface area contributed by atoms with E-state index in [1.54, 1.807) is 47.5 Å². The van der Waals surface area contributed by atoms with Crippen LogP contribution < -0.4 is 10.2 Å². The lowest BCUT2D eigenvalue weighted by molar-refractivity contribution is 0.0694. The molecule has 0 unspecified atom stereocenters. The molecule has 1 aliphatic rings. The zero-order valence-electron chi connectivity index (χ0n) is 15.5. The van der Waals surface area contributed by atoms with Crippen LogP contribution in [0.15, 0.2) is 59.3 Å². The first kappa shape index (κ1) is 18.5. The molecular weight excluding hydrogens is 374 g/mol. The summed E-state index contributed by atoms with van der Waals surface area (Å²) in [4.78, 5) is 36.3. The number of aromatic nitrogens is 2. The number of hydrogen-bond acceptors (Lipinski definition) is 7. The standard InChI is InChI=1S/C20H19N5O4/c26-18(16-6-3-13-29-16)24-9-11-25(12-10-24)20-21-8-7-17(23-20)22-15-5-2-1-4-14(15)19(27)28/h1-8,13H,9-12H2,(H,27,28)(H,21,22,23). The van der Waals surface area contributed by atoms with Crippen LogP contribution >= 0.6 is 0 Å². The number of nitrogens with zero attached hydrogens (tertiary/aromatic N) is 4. The third-order valence-corrected chi connectivity index (χ3v) is 4.64. The van der Waals surface area contributed by atoms with Crippen molar-refractivity contribution in [1.82, 2.24) is 14.9 Å². The van der Waals surface area contributed by atoms with Crippen LogP contribution in [0.2, 0.25) is 0 Å². The molecule has 1 amide bonds. The third-order valence-electron chi connectivity index (χ3n) is 4.64. The Bertz CT molecular complexity index is 1010. The number of aromatic carboxylic acids is 1. The number of nitrogens with one attached hydrogen (secondary N) is 1. The summed E-state index contributed by atoms with van der Waals surface area (Å²) in [6, 6.07) is 11.7. The highest BCUT2D eigenvalue weighted by Gasteiger charge is 2.25. The lowest BCUT2D eigenvalue weighted by atomic mass is 10.2. The molecule has 0 spiro atoms. The average Bonchev–Trinajstić information content (AvgIpc) is 3.29. The summed E-state index contributed by atoms with van der Waals surface area (Å²) in [6.45, 7) is 2.23. The lowest BCUT2D eigenvalue weighted by Crippen LogP contribution is -2.49. The van der Waals surface area contributed by atoms with Crippen LogP contribution in [0.4, 0.5) is 17.5 Å². The number of hydrogen-bond donors (Lipinski definition) is 2. The maximum absolute atomic E-state index is 12.4. The van der Waals surface area contributed by atoms with Gasteiger partial charge in [0.15, 0.2) is 5.76 Å². The van der Waals surface area contributed by atoms with Crippen molar-refractivity contribution in [2.75, 3.05) is 36.4 Å². The second kappa shape index (κ2) is 8.01. The van der Waals surface area contributed by atoms with Crippen LogP contribution in [0, 0.1) is 0 Å². The predicted molar refractivity (Wildman–Crippen MR) is 106 cm³/mol. The van der Waals surface area contributed by atoms with Gasteiger partial charge in [0, 0.05) is 32.4 Å². The molecule has 0 saturated carbocycles. The van der Waals surface area contributed by atoms with E-state index >= 15 is 0 Å².